The molecule has 1 fully saturated rings. The average Bonchev–Trinajstić information content (AvgIpc) is 3.44. The van der Waals surface area contributed by atoms with E-state index in [0.29, 0.717) is 11.8 Å². The SMILES string of the molecule is COC(=O)Nc1ccc2c(c1)C[C@H](CN1CC[C@@H](n3c(C(C)C)nc4cc(C)ccc43)[C@H](OC)C1)C2. The Kier molecular flexibility index (Phi) is 7.04. The van der Waals surface area contributed by atoms with E-state index in [2.05, 4.69) is 65.9 Å². The fourth-order valence-electron chi connectivity index (χ4n) is 6.09. The number of hydrogen-bond donors (Lipinski definition) is 1. The maximum atomic E-state index is 11.6. The van der Waals surface area contributed by atoms with Crippen LogP contribution in [0.4, 0.5) is 10.5 Å². The number of hydrogen-bond acceptors (Lipinski definition) is 5. The first-order valence-electron chi connectivity index (χ1n) is 13.1. The number of methoxy groups -OCH3 is 2. The van der Waals surface area contributed by atoms with Gasteiger partial charge in [-0.15, -0.1) is 0 Å². The van der Waals surface area contributed by atoms with Crippen LogP contribution in [-0.2, 0) is 22.3 Å². The third-order valence-corrected chi connectivity index (χ3v) is 7.80. The van der Waals surface area contributed by atoms with Crippen molar-refractivity contribution in [1.82, 2.24) is 14.5 Å². The van der Waals surface area contributed by atoms with Gasteiger partial charge < -0.3 is 18.9 Å². The van der Waals surface area contributed by atoms with Crippen LogP contribution < -0.4 is 5.32 Å². The number of rotatable bonds is 6. The van der Waals surface area contributed by atoms with Gasteiger partial charge in [0.25, 0.3) is 0 Å². The molecule has 1 aromatic heterocycles. The summed E-state index contributed by atoms with van der Waals surface area (Å²) in [6.45, 7) is 9.61. The van der Waals surface area contributed by atoms with Gasteiger partial charge in [-0.3, -0.25) is 5.32 Å². The van der Waals surface area contributed by atoms with Gasteiger partial charge >= 0.3 is 6.09 Å². The van der Waals surface area contributed by atoms with E-state index in [0.717, 1.165) is 55.9 Å². The largest absolute Gasteiger partial charge is 0.453 e. The second-order valence-electron chi connectivity index (χ2n) is 10.8. The number of imidazole rings is 1. The quantitative estimate of drug-likeness (QED) is 0.506. The number of likely N-dealkylation sites (tertiary alicyclic amines) is 1. The molecule has 3 aromatic rings. The Morgan fingerprint density at radius 2 is 1.94 bits per heavy atom. The zero-order valence-electron chi connectivity index (χ0n) is 22.1. The molecule has 1 saturated heterocycles. The summed E-state index contributed by atoms with van der Waals surface area (Å²) < 4.78 is 13.3. The van der Waals surface area contributed by atoms with Crippen LogP contribution in [0, 0.1) is 12.8 Å². The Hall–Kier alpha value is -2.90. The van der Waals surface area contributed by atoms with E-state index in [9.17, 15) is 4.79 Å². The molecule has 1 aliphatic heterocycles. The molecule has 2 aliphatic rings. The number of aromatic nitrogens is 2. The van der Waals surface area contributed by atoms with E-state index in [1.165, 1.54) is 29.3 Å². The minimum absolute atomic E-state index is 0.120. The molecule has 7 heteroatoms. The number of piperidine rings is 1. The second-order valence-corrected chi connectivity index (χ2v) is 10.8. The number of ether oxygens (including phenoxy) is 2. The molecular formula is C29H38N4O3. The summed E-state index contributed by atoms with van der Waals surface area (Å²) in [7, 11) is 3.23. The fraction of sp³-hybridized carbons (Fsp3) is 0.517. The summed E-state index contributed by atoms with van der Waals surface area (Å²) in [5, 5.41) is 2.78. The number of carbonyl (C=O) groups excluding carboxylic acids is 1. The van der Waals surface area contributed by atoms with Gasteiger partial charge in [-0.25, -0.2) is 9.78 Å². The van der Waals surface area contributed by atoms with Crippen molar-refractivity contribution >= 4 is 22.8 Å². The third kappa shape index (κ3) is 4.87. The molecule has 36 heavy (non-hydrogen) atoms. The zero-order chi connectivity index (χ0) is 25.4. The van der Waals surface area contributed by atoms with Crippen LogP contribution in [0.2, 0.25) is 0 Å². The van der Waals surface area contributed by atoms with Crippen LogP contribution in [-0.4, -0.2) is 60.5 Å². The Morgan fingerprint density at radius 1 is 1.14 bits per heavy atom. The number of nitrogens with one attached hydrogen (secondary N) is 1. The molecule has 0 unspecified atom stereocenters. The second kappa shape index (κ2) is 10.2. The Balaban J connectivity index is 1.28. The monoisotopic (exact) mass is 490 g/mol. The highest BCUT2D eigenvalue weighted by molar-refractivity contribution is 5.84. The van der Waals surface area contributed by atoms with Crippen molar-refractivity contribution < 1.29 is 14.3 Å². The summed E-state index contributed by atoms with van der Waals surface area (Å²) in [6, 6.07) is 13.1. The number of anilines is 1. The molecule has 0 spiro atoms. The molecule has 1 N–H and O–H groups in total. The van der Waals surface area contributed by atoms with E-state index < -0.39 is 6.09 Å². The Labute approximate surface area is 213 Å². The minimum atomic E-state index is -0.431. The van der Waals surface area contributed by atoms with Crippen LogP contribution in [0.25, 0.3) is 11.0 Å². The van der Waals surface area contributed by atoms with Gasteiger partial charge in [-0.05, 0) is 73.1 Å². The maximum absolute atomic E-state index is 11.6. The summed E-state index contributed by atoms with van der Waals surface area (Å²) in [5.41, 5.74) is 7.05. The van der Waals surface area contributed by atoms with E-state index >= 15 is 0 Å². The molecule has 2 heterocycles. The molecule has 3 atom stereocenters. The number of benzene rings is 2. The van der Waals surface area contributed by atoms with Gasteiger partial charge in [-0.1, -0.05) is 26.0 Å². The summed E-state index contributed by atoms with van der Waals surface area (Å²) in [5.74, 6) is 2.08. The molecule has 1 aliphatic carbocycles. The fourth-order valence-corrected chi connectivity index (χ4v) is 6.09. The predicted octanol–water partition coefficient (Wildman–Crippen LogP) is 5.32. The van der Waals surface area contributed by atoms with E-state index in [1.54, 1.807) is 0 Å². The van der Waals surface area contributed by atoms with Crippen LogP contribution >= 0.6 is 0 Å². The molecule has 5 rings (SSSR count). The first-order valence-corrected chi connectivity index (χ1v) is 13.1. The molecule has 192 valence electrons. The first kappa shape index (κ1) is 24.8. The maximum Gasteiger partial charge on any atom is 0.411 e. The molecule has 0 bridgehead atoms. The molecule has 7 nitrogen and oxygen atoms in total. The van der Waals surface area contributed by atoms with Crippen molar-refractivity contribution in [2.45, 2.75) is 58.1 Å². The first-order chi connectivity index (χ1) is 17.4. The highest BCUT2D eigenvalue weighted by atomic mass is 16.5. The van der Waals surface area contributed by atoms with Crippen molar-refractivity contribution in [3.05, 3.63) is 58.9 Å². The molecular weight excluding hydrogens is 452 g/mol. The number of fused-ring (bicyclic) bond motifs is 2. The number of aryl methyl sites for hydroxylation is 1. The van der Waals surface area contributed by atoms with Crippen molar-refractivity contribution in [1.29, 1.82) is 0 Å². The normalized spacial score (nSPS) is 22.2. The van der Waals surface area contributed by atoms with Crippen molar-refractivity contribution in [3.8, 4) is 0 Å². The van der Waals surface area contributed by atoms with Crippen molar-refractivity contribution in [3.63, 3.8) is 0 Å². The summed E-state index contributed by atoms with van der Waals surface area (Å²) in [4.78, 5) is 19.2. The smallest absolute Gasteiger partial charge is 0.411 e. The van der Waals surface area contributed by atoms with Crippen LogP contribution in [0.15, 0.2) is 36.4 Å². The van der Waals surface area contributed by atoms with Gasteiger partial charge in [0.1, 0.15) is 5.82 Å². The van der Waals surface area contributed by atoms with Gasteiger partial charge in [-0.2, -0.15) is 0 Å². The van der Waals surface area contributed by atoms with Crippen molar-refractivity contribution in [2.24, 2.45) is 5.92 Å². The van der Waals surface area contributed by atoms with Gasteiger partial charge in [0.05, 0.1) is 30.3 Å². The predicted molar refractivity (Wildman–Crippen MR) is 143 cm³/mol. The molecule has 0 saturated carbocycles. The molecule has 2 aromatic carbocycles. The lowest BCUT2D eigenvalue weighted by molar-refractivity contribution is -0.00966. The van der Waals surface area contributed by atoms with Crippen molar-refractivity contribution in [2.75, 3.05) is 39.2 Å². The Bertz CT molecular complexity index is 1250. The van der Waals surface area contributed by atoms with Gasteiger partial charge in [0, 0.05) is 38.3 Å². The van der Waals surface area contributed by atoms with Crippen LogP contribution in [0.5, 0.6) is 0 Å². The highest BCUT2D eigenvalue weighted by Gasteiger charge is 2.35. The summed E-state index contributed by atoms with van der Waals surface area (Å²) in [6.07, 6.45) is 2.85. The van der Waals surface area contributed by atoms with Gasteiger partial charge in [0.15, 0.2) is 0 Å². The number of carbonyl (C=O) groups is 1. The lowest BCUT2D eigenvalue weighted by atomic mass is 9.97. The van der Waals surface area contributed by atoms with Crippen LogP contribution in [0.3, 0.4) is 0 Å². The third-order valence-electron chi connectivity index (χ3n) is 7.80. The van der Waals surface area contributed by atoms with E-state index in [-0.39, 0.29) is 12.1 Å². The van der Waals surface area contributed by atoms with E-state index in [1.807, 2.05) is 13.2 Å². The van der Waals surface area contributed by atoms with Crippen LogP contribution in [0.1, 0.15) is 54.7 Å². The zero-order valence-corrected chi connectivity index (χ0v) is 22.1. The highest BCUT2D eigenvalue weighted by Crippen LogP contribution is 2.35. The molecule has 0 radical (unpaired) electrons. The minimum Gasteiger partial charge on any atom is -0.453 e. The van der Waals surface area contributed by atoms with E-state index in [4.69, 9.17) is 14.5 Å². The molecule has 1 amide bonds. The lowest BCUT2D eigenvalue weighted by Crippen LogP contribution is -2.47. The number of amides is 1. The number of nitrogens with zero attached hydrogens (tertiary/aromatic N) is 3. The van der Waals surface area contributed by atoms with Gasteiger partial charge in [0.2, 0.25) is 0 Å². The topological polar surface area (TPSA) is 68.6 Å². The lowest BCUT2D eigenvalue weighted by Gasteiger charge is -2.40. The summed E-state index contributed by atoms with van der Waals surface area (Å²) >= 11 is 0. The Morgan fingerprint density at radius 3 is 2.69 bits per heavy atom. The average molecular weight is 491 g/mol. The standard InChI is InChI=1S/C29H38N4O3/c1-18(2)28-31-24-12-19(3)6-9-25(24)33(28)26-10-11-32(17-27(26)35-4)16-20-13-21-7-8-23(15-22(21)14-20)30-29(34)36-5/h6-9,12,15,18,20,26-27H,10-11,13-14,16-17H2,1-5H3,(H,30,34)/t20-,26-,27-/m1/s1.